The molecule has 0 spiro atoms. The molecule has 112 valence electrons. The van der Waals surface area contributed by atoms with E-state index in [2.05, 4.69) is 20.0 Å². The standard InChI is InChI=1S/C13H15ClN4O2S/c1-9(10-3-5-11(14)6-4-10)18-21(19,20)12-7-16-13(15-2)17-8-12/h3-9,18H,1-2H3,(H,15,16,17). The predicted octanol–water partition coefficient (Wildman–Crippen LogP) is 2.21. The van der Waals surface area contributed by atoms with Crippen LogP contribution in [-0.4, -0.2) is 25.4 Å². The maximum atomic E-state index is 12.2. The first-order valence-corrected chi connectivity index (χ1v) is 8.06. The van der Waals surface area contributed by atoms with E-state index < -0.39 is 16.1 Å². The Kier molecular flexibility index (Phi) is 4.76. The van der Waals surface area contributed by atoms with E-state index in [4.69, 9.17) is 11.6 Å². The second kappa shape index (κ2) is 6.38. The lowest BCUT2D eigenvalue weighted by Crippen LogP contribution is -2.27. The van der Waals surface area contributed by atoms with Crippen molar-refractivity contribution in [2.45, 2.75) is 17.9 Å². The molecule has 0 saturated carbocycles. The normalized spacial score (nSPS) is 12.9. The fourth-order valence-electron chi connectivity index (χ4n) is 1.70. The largest absolute Gasteiger partial charge is 0.357 e. The molecule has 0 amide bonds. The number of halogens is 1. The van der Waals surface area contributed by atoms with E-state index in [1.54, 1.807) is 38.2 Å². The van der Waals surface area contributed by atoms with Crippen molar-refractivity contribution in [1.82, 2.24) is 14.7 Å². The molecule has 1 unspecified atom stereocenters. The third kappa shape index (κ3) is 3.90. The number of nitrogens with zero attached hydrogens (tertiary/aromatic N) is 2. The number of aromatic nitrogens is 2. The van der Waals surface area contributed by atoms with Gasteiger partial charge in [0.05, 0.1) is 12.4 Å². The molecule has 1 heterocycles. The minimum atomic E-state index is -3.68. The van der Waals surface area contributed by atoms with Crippen molar-refractivity contribution in [3.05, 3.63) is 47.2 Å². The Morgan fingerprint density at radius 1 is 1.14 bits per heavy atom. The van der Waals surface area contributed by atoms with Gasteiger partial charge in [-0.3, -0.25) is 0 Å². The van der Waals surface area contributed by atoms with Crippen molar-refractivity contribution < 1.29 is 8.42 Å². The Morgan fingerprint density at radius 2 is 1.71 bits per heavy atom. The summed E-state index contributed by atoms with van der Waals surface area (Å²) >= 11 is 5.81. The monoisotopic (exact) mass is 326 g/mol. The molecule has 21 heavy (non-hydrogen) atoms. The summed E-state index contributed by atoms with van der Waals surface area (Å²) in [5.74, 6) is 0.361. The van der Waals surface area contributed by atoms with Gasteiger partial charge in [-0.1, -0.05) is 23.7 Å². The summed E-state index contributed by atoms with van der Waals surface area (Å²) in [6.45, 7) is 1.75. The highest BCUT2D eigenvalue weighted by molar-refractivity contribution is 7.89. The second-order valence-corrected chi connectivity index (χ2v) is 6.54. The number of benzene rings is 1. The maximum Gasteiger partial charge on any atom is 0.244 e. The summed E-state index contributed by atoms with van der Waals surface area (Å²) in [6.07, 6.45) is 2.52. The van der Waals surface area contributed by atoms with Crippen LogP contribution in [0.3, 0.4) is 0 Å². The van der Waals surface area contributed by atoms with Crippen LogP contribution in [0.25, 0.3) is 0 Å². The average Bonchev–Trinajstić information content (AvgIpc) is 2.47. The first kappa shape index (κ1) is 15.7. The van der Waals surface area contributed by atoms with Crippen LogP contribution in [0.15, 0.2) is 41.6 Å². The number of sulfonamides is 1. The van der Waals surface area contributed by atoms with Gasteiger partial charge in [-0.2, -0.15) is 0 Å². The van der Waals surface area contributed by atoms with Crippen LogP contribution in [0.4, 0.5) is 5.95 Å². The lowest BCUT2D eigenvalue weighted by molar-refractivity contribution is 0.566. The molecule has 2 aromatic rings. The molecule has 1 atom stereocenters. The van der Waals surface area contributed by atoms with Crippen molar-refractivity contribution in [3.63, 3.8) is 0 Å². The van der Waals surface area contributed by atoms with Gasteiger partial charge < -0.3 is 5.32 Å². The van der Waals surface area contributed by atoms with E-state index in [0.29, 0.717) is 11.0 Å². The molecule has 2 N–H and O–H groups in total. The highest BCUT2D eigenvalue weighted by Crippen LogP contribution is 2.18. The molecule has 1 aromatic carbocycles. The minimum Gasteiger partial charge on any atom is -0.357 e. The van der Waals surface area contributed by atoms with Gasteiger partial charge in [0.25, 0.3) is 0 Å². The molecule has 0 saturated heterocycles. The number of nitrogens with one attached hydrogen (secondary N) is 2. The fourth-order valence-corrected chi connectivity index (χ4v) is 2.95. The smallest absolute Gasteiger partial charge is 0.244 e. The summed E-state index contributed by atoms with van der Waals surface area (Å²) in [5.41, 5.74) is 0.815. The Bertz CT molecular complexity index is 702. The molecular formula is C13H15ClN4O2S. The van der Waals surface area contributed by atoms with Crippen LogP contribution < -0.4 is 10.0 Å². The topological polar surface area (TPSA) is 84.0 Å². The lowest BCUT2D eigenvalue weighted by atomic mass is 10.1. The number of hydrogen-bond acceptors (Lipinski definition) is 5. The number of hydrogen-bond donors (Lipinski definition) is 2. The maximum absolute atomic E-state index is 12.2. The zero-order valence-electron chi connectivity index (χ0n) is 11.5. The molecular weight excluding hydrogens is 312 g/mol. The van der Waals surface area contributed by atoms with Gasteiger partial charge in [-0.05, 0) is 24.6 Å². The van der Waals surface area contributed by atoms with Gasteiger partial charge in [0.15, 0.2) is 0 Å². The van der Waals surface area contributed by atoms with Gasteiger partial charge in [0.2, 0.25) is 16.0 Å². The Morgan fingerprint density at radius 3 is 2.24 bits per heavy atom. The average molecular weight is 327 g/mol. The molecule has 8 heteroatoms. The molecule has 2 rings (SSSR count). The van der Waals surface area contributed by atoms with Gasteiger partial charge >= 0.3 is 0 Å². The van der Waals surface area contributed by atoms with Crippen molar-refractivity contribution in [2.75, 3.05) is 12.4 Å². The fraction of sp³-hybridized carbons (Fsp3) is 0.231. The third-order valence-corrected chi connectivity index (χ3v) is 4.61. The summed E-state index contributed by atoms with van der Waals surface area (Å²) in [5, 5.41) is 3.33. The van der Waals surface area contributed by atoms with E-state index in [1.807, 2.05) is 0 Å². The summed E-state index contributed by atoms with van der Waals surface area (Å²) < 4.78 is 27.1. The van der Waals surface area contributed by atoms with E-state index in [0.717, 1.165) is 5.56 Å². The predicted molar refractivity (Wildman–Crippen MR) is 81.8 cm³/mol. The highest BCUT2D eigenvalue weighted by atomic mass is 35.5. The van der Waals surface area contributed by atoms with Crippen molar-refractivity contribution >= 4 is 27.6 Å². The molecule has 0 aliphatic rings. The van der Waals surface area contributed by atoms with Gasteiger partial charge in [0, 0.05) is 18.1 Å². The SMILES string of the molecule is CNc1ncc(S(=O)(=O)NC(C)c2ccc(Cl)cc2)cn1. The first-order valence-electron chi connectivity index (χ1n) is 6.20. The van der Waals surface area contributed by atoms with Crippen LogP contribution in [0.1, 0.15) is 18.5 Å². The summed E-state index contributed by atoms with van der Waals surface area (Å²) in [7, 11) is -2.02. The molecule has 1 aromatic heterocycles. The first-order chi connectivity index (χ1) is 9.92. The van der Waals surface area contributed by atoms with Crippen molar-refractivity contribution in [3.8, 4) is 0 Å². The van der Waals surface area contributed by atoms with Gasteiger partial charge in [-0.15, -0.1) is 0 Å². The van der Waals surface area contributed by atoms with Crippen LogP contribution in [0.2, 0.25) is 5.02 Å². The summed E-state index contributed by atoms with van der Waals surface area (Å²) in [4.78, 5) is 7.81. The Balaban J connectivity index is 2.17. The quantitative estimate of drug-likeness (QED) is 0.880. The third-order valence-electron chi connectivity index (χ3n) is 2.86. The van der Waals surface area contributed by atoms with E-state index >= 15 is 0 Å². The molecule has 6 nitrogen and oxygen atoms in total. The number of rotatable bonds is 5. The Hall–Kier alpha value is -1.70. The molecule has 0 fully saturated rings. The minimum absolute atomic E-state index is 0.0160. The van der Waals surface area contributed by atoms with Crippen molar-refractivity contribution in [1.29, 1.82) is 0 Å². The number of anilines is 1. The van der Waals surface area contributed by atoms with Crippen LogP contribution in [-0.2, 0) is 10.0 Å². The van der Waals surface area contributed by atoms with E-state index in [-0.39, 0.29) is 4.90 Å². The highest BCUT2D eigenvalue weighted by Gasteiger charge is 2.19. The molecule has 0 radical (unpaired) electrons. The summed E-state index contributed by atoms with van der Waals surface area (Å²) in [6, 6.07) is 6.59. The van der Waals surface area contributed by atoms with E-state index in [1.165, 1.54) is 12.4 Å². The second-order valence-electron chi connectivity index (χ2n) is 4.39. The Labute approximate surface area is 128 Å². The van der Waals surface area contributed by atoms with Gasteiger partial charge in [0.1, 0.15) is 4.90 Å². The van der Waals surface area contributed by atoms with Crippen LogP contribution >= 0.6 is 11.6 Å². The molecule has 0 aliphatic carbocycles. The van der Waals surface area contributed by atoms with E-state index in [9.17, 15) is 8.42 Å². The van der Waals surface area contributed by atoms with Crippen molar-refractivity contribution in [2.24, 2.45) is 0 Å². The van der Waals surface area contributed by atoms with Gasteiger partial charge in [-0.25, -0.2) is 23.1 Å². The lowest BCUT2D eigenvalue weighted by Gasteiger charge is -2.14. The molecule has 0 aliphatic heterocycles. The molecule has 0 bridgehead atoms. The van der Waals surface area contributed by atoms with Crippen LogP contribution in [0, 0.1) is 0 Å². The zero-order chi connectivity index (χ0) is 15.5. The zero-order valence-corrected chi connectivity index (χ0v) is 13.1. The van der Waals surface area contributed by atoms with Crippen LogP contribution in [0.5, 0.6) is 0 Å².